The van der Waals surface area contributed by atoms with Gasteiger partial charge >= 0.3 is 5.97 Å². The maximum atomic E-state index is 12.3. The van der Waals surface area contributed by atoms with E-state index in [-0.39, 0.29) is 24.2 Å². The minimum Gasteiger partial charge on any atom is -0.469 e. The Hall–Kier alpha value is -1.68. The first-order valence-electron chi connectivity index (χ1n) is 6.58. The minimum absolute atomic E-state index is 0.0259. The number of rotatable bonds is 8. The monoisotopic (exact) mass is 263 g/mol. The summed E-state index contributed by atoms with van der Waals surface area (Å²) in [6.07, 6.45) is 1.65. The van der Waals surface area contributed by atoms with Gasteiger partial charge in [0.05, 0.1) is 13.2 Å². The third kappa shape index (κ3) is 5.22. The first-order valence-corrected chi connectivity index (χ1v) is 6.58. The molecule has 104 valence electrons. The van der Waals surface area contributed by atoms with Crippen LogP contribution in [0.3, 0.4) is 0 Å². The Morgan fingerprint density at radius 1 is 1.26 bits per heavy atom. The SMILES string of the molecule is CCCNC(CCC(=O)OC)C(=O)c1ccccc1. The van der Waals surface area contributed by atoms with E-state index in [0.29, 0.717) is 12.0 Å². The Kier molecular flexibility index (Phi) is 6.82. The Balaban J connectivity index is 2.67. The lowest BCUT2D eigenvalue weighted by molar-refractivity contribution is -0.140. The highest BCUT2D eigenvalue weighted by Gasteiger charge is 2.20. The van der Waals surface area contributed by atoms with Gasteiger partial charge in [0.2, 0.25) is 0 Å². The molecule has 1 aromatic carbocycles. The largest absolute Gasteiger partial charge is 0.469 e. The second-order valence-corrected chi connectivity index (χ2v) is 4.35. The molecule has 0 fully saturated rings. The summed E-state index contributed by atoms with van der Waals surface area (Å²) >= 11 is 0. The van der Waals surface area contributed by atoms with Crippen molar-refractivity contribution in [1.29, 1.82) is 0 Å². The number of esters is 1. The number of carbonyl (C=O) groups excluding carboxylic acids is 2. The predicted molar refractivity (Wildman–Crippen MR) is 74.1 cm³/mol. The highest BCUT2D eigenvalue weighted by atomic mass is 16.5. The first-order chi connectivity index (χ1) is 9.19. The molecule has 0 amide bonds. The lowest BCUT2D eigenvalue weighted by Crippen LogP contribution is -2.37. The zero-order chi connectivity index (χ0) is 14.1. The van der Waals surface area contributed by atoms with Crippen molar-refractivity contribution in [3.8, 4) is 0 Å². The van der Waals surface area contributed by atoms with Crippen molar-refractivity contribution < 1.29 is 14.3 Å². The molecule has 1 atom stereocenters. The predicted octanol–water partition coefficient (Wildman–Crippen LogP) is 2.19. The van der Waals surface area contributed by atoms with Gasteiger partial charge in [-0.25, -0.2) is 0 Å². The Morgan fingerprint density at radius 2 is 1.95 bits per heavy atom. The van der Waals surface area contributed by atoms with Crippen molar-refractivity contribution in [1.82, 2.24) is 5.32 Å². The van der Waals surface area contributed by atoms with Gasteiger partial charge in [-0.2, -0.15) is 0 Å². The molecule has 0 saturated carbocycles. The number of hydrogen-bond acceptors (Lipinski definition) is 4. The Labute approximate surface area is 114 Å². The van der Waals surface area contributed by atoms with Gasteiger partial charge < -0.3 is 10.1 Å². The van der Waals surface area contributed by atoms with Crippen LogP contribution in [0.15, 0.2) is 30.3 Å². The molecule has 0 aliphatic rings. The molecule has 0 aliphatic heterocycles. The molecule has 0 radical (unpaired) electrons. The molecule has 0 aliphatic carbocycles. The van der Waals surface area contributed by atoms with Gasteiger partial charge in [0.15, 0.2) is 5.78 Å². The summed E-state index contributed by atoms with van der Waals surface area (Å²) in [5, 5.41) is 3.19. The van der Waals surface area contributed by atoms with Crippen LogP contribution in [-0.2, 0) is 9.53 Å². The second kappa shape index (κ2) is 8.43. The minimum atomic E-state index is -0.332. The molecule has 0 spiro atoms. The van der Waals surface area contributed by atoms with Crippen LogP contribution in [0.5, 0.6) is 0 Å². The van der Waals surface area contributed by atoms with E-state index in [2.05, 4.69) is 10.1 Å². The van der Waals surface area contributed by atoms with Crippen molar-refractivity contribution >= 4 is 11.8 Å². The van der Waals surface area contributed by atoms with Crippen molar-refractivity contribution in [2.45, 2.75) is 32.2 Å². The van der Waals surface area contributed by atoms with E-state index in [1.165, 1.54) is 7.11 Å². The molecule has 0 saturated heterocycles. The lowest BCUT2D eigenvalue weighted by Gasteiger charge is -2.16. The summed E-state index contributed by atoms with van der Waals surface area (Å²) in [6.45, 7) is 2.79. The number of ether oxygens (including phenoxy) is 1. The molecule has 1 rings (SSSR count). The fourth-order valence-corrected chi connectivity index (χ4v) is 1.81. The van der Waals surface area contributed by atoms with Gasteiger partial charge in [-0.3, -0.25) is 9.59 Å². The number of ketones is 1. The normalized spacial score (nSPS) is 11.9. The first kappa shape index (κ1) is 15.4. The Morgan fingerprint density at radius 3 is 2.53 bits per heavy atom. The number of nitrogens with one attached hydrogen (secondary N) is 1. The molecule has 4 heteroatoms. The molecule has 1 unspecified atom stereocenters. The van der Waals surface area contributed by atoms with Gasteiger partial charge in [0.25, 0.3) is 0 Å². The Bertz CT molecular complexity index is 403. The third-order valence-corrected chi connectivity index (χ3v) is 2.88. The number of carbonyl (C=O) groups is 2. The van der Waals surface area contributed by atoms with Gasteiger partial charge in [0.1, 0.15) is 0 Å². The van der Waals surface area contributed by atoms with Crippen LogP contribution < -0.4 is 5.32 Å². The van der Waals surface area contributed by atoms with Crippen molar-refractivity contribution in [2.24, 2.45) is 0 Å². The van der Waals surface area contributed by atoms with Crippen LogP contribution in [0, 0.1) is 0 Å². The summed E-state index contributed by atoms with van der Waals surface area (Å²) in [5.41, 5.74) is 0.668. The molecule has 4 nitrogen and oxygen atoms in total. The second-order valence-electron chi connectivity index (χ2n) is 4.35. The average Bonchev–Trinajstić information content (AvgIpc) is 2.47. The van der Waals surface area contributed by atoms with E-state index in [9.17, 15) is 9.59 Å². The maximum absolute atomic E-state index is 12.3. The fourth-order valence-electron chi connectivity index (χ4n) is 1.81. The van der Waals surface area contributed by atoms with Crippen molar-refractivity contribution in [3.05, 3.63) is 35.9 Å². The molecule has 0 heterocycles. The zero-order valence-corrected chi connectivity index (χ0v) is 11.5. The van der Waals surface area contributed by atoms with Gasteiger partial charge in [0, 0.05) is 12.0 Å². The summed E-state index contributed by atoms with van der Waals surface area (Å²) in [7, 11) is 1.36. The molecule has 0 aromatic heterocycles. The number of benzene rings is 1. The number of hydrogen-bond donors (Lipinski definition) is 1. The van der Waals surface area contributed by atoms with Crippen LogP contribution in [0.25, 0.3) is 0 Å². The summed E-state index contributed by atoms with van der Waals surface area (Å²) in [5.74, 6) is -0.262. The molecule has 1 aromatic rings. The summed E-state index contributed by atoms with van der Waals surface area (Å²) in [6, 6.07) is 8.80. The van der Waals surface area contributed by atoms with E-state index in [0.717, 1.165) is 13.0 Å². The molecular formula is C15H21NO3. The van der Waals surface area contributed by atoms with E-state index in [1.807, 2.05) is 25.1 Å². The van der Waals surface area contributed by atoms with E-state index < -0.39 is 0 Å². The molecule has 19 heavy (non-hydrogen) atoms. The van der Waals surface area contributed by atoms with Crippen LogP contribution >= 0.6 is 0 Å². The molecular weight excluding hydrogens is 242 g/mol. The zero-order valence-electron chi connectivity index (χ0n) is 11.5. The smallest absolute Gasteiger partial charge is 0.305 e. The summed E-state index contributed by atoms with van der Waals surface area (Å²) < 4.78 is 4.61. The molecule has 0 bridgehead atoms. The number of methoxy groups -OCH3 is 1. The highest BCUT2D eigenvalue weighted by Crippen LogP contribution is 2.08. The van der Waals surface area contributed by atoms with E-state index in [4.69, 9.17) is 0 Å². The lowest BCUT2D eigenvalue weighted by atomic mass is 10.00. The quantitative estimate of drug-likeness (QED) is 0.577. The van der Waals surface area contributed by atoms with Crippen LogP contribution in [0.1, 0.15) is 36.5 Å². The fraction of sp³-hybridized carbons (Fsp3) is 0.467. The maximum Gasteiger partial charge on any atom is 0.305 e. The van der Waals surface area contributed by atoms with Gasteiger partial charge in [-0.05, 0) is 19.4 Å². The van der Waals surface area contributed by atoms with Crippen molar-refractivity contribution in [2.75, 3.05) is 13.7 Å². The number of Topliss-reactive ketones (excluding diaryl/α,β-unsaturated/α-hetero) is 1. The molecule has 1 N–H and O–H groups in total. The van der Waals surface area contributed by atoms with Gasteiger partial charge in [-0.15, -0.1) is 0 Å². The van der Waals surface area contributed by atoms with E-state index >= 15 is 0 Å². The highest BCUT2D eigenvalue weighted by molar-refractivity contribution is 6.00. The summed E-state index contributed by atoms with van der Waals surface area (Å²) in [4.78, 5) is 23.5. The van der Waals surface area contributed by atoms with Crippen LogP contribution in [0.4, 0.5) is 0 Å². The van der Waals surface area contributed by atoms with E-state index in [1.54, 1.807) is 12.1 Å². The van der Waals surface area contributed by atoms with Crippen molar-refractivity contribution in [3.63, 3.8) is 0 Å². The topological polar surface area (TPSA) is 55.4 Å². The third-order valence-electron chi connectivity index (χ3n) is 2.88. The van der Waals surface area contributed by atoms with Gasteiger partial charge in [-0.1, -0.05) is 37.3 Å². The van der Waals surface area contributed by atoms with Crippen LogP contribution in [0.2, 0.25) is 0 Å². The standard InChI is InChI=1S/C15H21NO3/c1-3-11-16-13(9-10-14(17)19-2)15(18)12-7-5-4-6-8-12/h4-8,13,16H,3,9-11H2,1-2H3. The average molecular weight is 263 g/mol. The van der Waals surface area contributed by atoms with Crippen LogP contribution in [-0.4, -0.2) is 31.4 Å².